The first-order valence-corrected chi connectivity index (χ1v) is 10.5. The van der Waals surface area contributed by atoms with Crippen molar-refractivity contribution >= 4 is 17.2 Å². The number of benzene rings is 1. The van der Waals surface area contributed by atoms with Crippen molar-refractivity contribution in [2.45, 2.75) is 43.2 Å². The fourth-order valence-electron chi connectivity index (χ4n) is 4.42. The Morgan fingerprint density at radius 2 is 2.03 bits per heavy atom. The van der Waals surface area contributed by atoms with Gasteiger partial charge in [0.25, 0.3) is 0 Å². The number of hydrogen-bond acceptors (Lipinski definition) is 5. The molecule has 172 valence electrons. The lowest BCUT2D eigenvalue weighted by Gasteiger charge is -2.36. The number of rotatable bonds is 5. The second-order valence-electron chi connectivity index (χ2n) is 8.59. The number of hydrogen-bond donors (Lipinski definition) is 0. The number of ether oxygens (including phenoxy) is 1. The molecular formula is C23H19F4N3O3. The van der Waals surface area contributed by atoms with Crippen molar-refractivity contribution in [2.75, 3.05) is 13.2 Å². The van der Waals surface area contributed by atoms with Crippen LogP contribution in [0.2, 0.25) is 0 Å². The van der Waals surface area contributed by atoms with Crippen LogP contribution in [0.5, 0.6) is 0 Å². The highest BCUT2D eigenvalue weighted by Gasteiger charge is 2.46. The van der Waals surface area contributed by atoms with E-state index in [9.17, 15) is 27.2 Å². The van der Waals surface area contributed by atoms with Crippen molar-refractivity contribution < 1.29 is 31.9 Å². The number of halogens is 4. The Labute approximate surface area is 185 Å². The Hall–Kier alpha value is -3.14. The summed E-state index contributed by atoms with van der Waals surface area (Å²) in [5.74, 6) is -1.79. The average Bonchev–Trinajstić information content (AvgIpc) is 3.53. The number of carbonyl (C=O) groups is 2. The third-order valence-corrected chi connectivity index (χ3v) is 6.44. The number of fused-ring (bicyclic) bond motifs is 1. The highest BCUT2D eigenvalue weighted by molar-refractivity contribution is 6.06. The molecule has 33 heavy (non-hydrogen) atoms. The van der Waals surface area contributed by atoms with Gasteiger partial charge in [0.2, 0.25) is 0 Å². The molecule has 2 aromatic heterocycles. The van der Waals surface area contributed by atoms with Crippen molar-refractivity contribution in [2.24, 2.45) is 0 Å². The molecule has 1 aliphatic heterocycles. The minimum Gasteiger partial charge on any atom is -0.374 e. The van der Waals surface area contributed by atoms with Crippen LogP contribution in [-0.2, 0) is 21.1 Å². The van der Waals surface area contributed by atoms with E-state index in [-0.39, 0.29) is 30.8 Å². The van der Waals surface area contributed by atoms with E-state index < -0.39 is 41.0 Å². The first-order chi connectivity index (χ1) is 15.7. The van der Waals surface area contributed by atoms with Crippen LogP contribution in [0.15, 0.2) is 36.8 Å². The van der Waals surface area contributed by atoms with E-state index in [0.717, 1.165) is 30.5 Å². The second kappa shape index (κ2) is 7.72. The lowest BCUT2D eigenvalue weighted by molar-refractivity contribution is -0.137. The number of alkyl halides is 3. The van der Waals surface area contributed by atoms with Crippen molar-refractivity contribution in [3.05, 3.63) is 64.9 Å². The zero-order chi connectivity index (χ0) is 23.4. The number of nitrogens with zero attached hydrogens (tertiary/aromatic N) is 3. The number of Topliss-reactive ketones (excluding diaryl/α,β-unsaturated/α-hetero) is 2. The second-order valence-corrected chi connectivity index (χ2v) is 8.59. The standard InChI is InChI=1S/C23H19F4N3O3/c24-18-7-15(23(25,26)27)3-4-17(18)22(5-6-33-12-20(22)32)8-19(31)16-10-29-30-11-14(13-1-2-13)9-28-21(16)30/h3-4,7,9-11,13H,1-2,5-6,8,12H2. The topological polar surface area (TPSA) is 73.6 Å². The van der Waals surface area contributed by atoms with Gasteiger partial charge in [0.15, 0.2) is 17.2 Å². The maximum absolute atomic E-state index is 14.9. The van der Waals surface area contributed by atoms with Gasteiger partial charge in [-0.3, -0.25) is 9.59 Å². The summed E-state index contributed by atoms with van der Waals surface area (Å²) in [7, 11) is 0. The third-order valence-electron chi connectivity index (χ3n) is 6.44. The molecule has 1 aliphatic carbocycles. The van der Waals surface area contributed by atoms with E-state index in [2.05, 4.69) is 10.1 Å². The number of ketones is 2. The van der Waals surface area contributed by atoms with Crippen molar-refractivity contribution in [3.63, 3.8) is 0 Å². The summed E-state index contributed by atoms with van der Waals surface area (Å²) in [6.45, 7) is -0.289. The fourth-order valence-corrected chi connectivity index (χ4v) is 4.42. The van der Waals surface area contributed by atoms with Crippen molar-refractivity contribution in [1.82, 2.24) is 14.6 Å². The Bertz CT molecular complexity index is 1270. The molecule has 0 N–H and O–H groups in total. The molecule has 2 fully saturated rings. The molecule has 3 heterocycles. The van der Waals surface area contributed by atoms with Gasteiger partial charge in [-0.2, -0.15) is 18.3 Å². The largest absolute Gasteiger partial charge is 0.416 e. The molecule has 10 heteroatoms. The van der Waals surface area contributed by atoms with Crippen LogP contribution in [0, 0.1) is 5.82 Å². The first kappa shape index (κ1) is 21.7. The van der Waals surface area contributed by atoms with Crippen LogP contribution in [0.3, 0.4) is 0 Å². The van der Waals surface area contributed by atoms with Crippen molar-refractivity contribution in [1.29, 1.82) is 0 Å². The van der Waals surface area contributed by atoms with E-state index in [4.69, 9.17) is 4.74 Å². The summed E-state index contributed by atoms with van der Waals surface area (Å²) in [4.78, 5) is 30.6. The molecule has 5 rings (SSSR count). The van der Waals surface area contributed by atoms with Gasteiger partial charge in [0.1, 0.15) is 12.4 Å². The summed E-state index contributed by atoms with van der Waals surface area (Å²) in [6, 6.07) is 2.04. The van der Waals surface area contributed by atoms with Gasteiger partial charge in [0, 0.05) is 31.0 Å². The van der Waals surface area contributed by atoms with Gasteiger partial charge < -0.3 is 4.74 Å². The van der Waals surface area contributed by atoms with Crippen molar-refractivity contribution in [3.8, 4) is 0 Å². The molecule has 0 amide bonds. The molecular weight excluding hydrogens is 442 g/mol. The van der Waals surface area contributed by atoms with Gasteiger partial charge in [-0.15, -0.1) is 0 Å². The molecule has 1 atom stereocenters. The lowest BCUT2D eigenvalue weighted by atomic mass is 9.69. The van der Waals surface area contributed by atoms with E-state index in [1.165, 1.54) is 10.7 Å². The summed E-state index contributed by atoms with van der Waals surface area (Å²) < 4.78 is 60.6. The third kappa shape index (κ3) is 3.82. The van der Waals surface area contributed by atoms with E-state index >= 15 is 0 Å². The van der Waals surface area contributed by atoms with Gasteiger partial charge in [-0.25, -0.2) is 13.9 Å². The first-order valence-electron chi connectivity index (χ1n) is 10.5. The Balaban J connectivity index is 1.52. The fraction of sp³-hybridized carbons (Fsp3) is 0.391. The highest BCUT2D eigenvalue weighted by atomic mass is 19.4. The smallest absolute Gasteiger partial charge is 0.374 e. The van der Waals surface area contributed by atoms with Crippen LogP contribution in [0.4, 0.5) is 17.6 Å². The number of aromatic nitrogens is 3. The molecule has 6 nitrogen and oxygen atoms in total. The Kier molecular flexibility index (Phi) is 5.08. The monoisotopic (exact) mass is 461 g/mol. The van der Waals surface area contributed by atoms with Crippen LogP contribution >= 0.6 is 0 Å². The summed E-state index contributed by atoms with van der Waals surface area (Å²) in [5.41, 5.74) is -1.53. The molecule has 1 saturated heterocycles. The zero-order valence-corrected chi connectivity index (χ0v) is 17.4. The van der Waals surface area contributed by atoms with Crippen LogP contribution < -0.4 is 0 Å². The molecule has 1 aromatic carbocycles. The molecule has 0 radical (unpaired) electrons. The number of carbonyl (C=O) groups excluding carboxylic acids is 2. The van der Waals surface area contributed by atoms with Gasteiger partial charge in [-0.05, 0) is 42.9 Å². The van der Waals surface area contributed by atoms with Crippen LogP contribution in [0.1, 0.15) is 58.6 Å². The molecule has 2 aliphatic rings. The molecule has 1 saturated carbocycles. The van der Waals surface area contributed by atoms with Crippen LogP contribution in [-0.4, -0.2) is 39.4 Å². The SMILES string of the molecule is O=C(CC1(c2ccc(C(F)(F)F)cc2F)CCOCC1=O)c1cnn2cc(C3CC3)cnc12. The van der Waals surface area contributed by atoms with E-state index in [1.54, 1.807) is 6.20 Å². The van der Waals surface area contributed by atoms with Gasteiger partial charge in [-0.1, -0.05) is 6.07 Å². The Morgan fingerprint density at radius 3 is 2.70 bits per heavy atom. The molecule has 3 aromatic rings. The lowest BCUT2D eigenvalue weighted by Crippen LogP contribution is -2.45. The average molecular weight is 461 g/mol. The predicted molar refractivity (Wildman–Crippen MR) is 107 cm³/mol. The maximum atomic E-state index is 14.9. The Morgan fingerprint density at radius 1 is 1.24 bits per heavy atom. The zero-order valence-electron chi connectivity index (χ0n) is 17.4. The normalized spacial score (nSPS) is 21.5. The predicted octanol–water partition coefficient (Wildman–Crippen LogP) is 4.26. The van der Waals surface area contributed by atoms with E-state index in [0.29, 0.717) is 17.6 Å². The maximum Gasteiger partial charge on any atom is 0.416 e. The van der Waals surface area contributed by atoms with E-state index in [1.807, 2.05) is 6.20 Å². The molecule has 0 bridgehead atoms. The van der Waals surface area contributed by atoms with Gasteiger partial charge >= 0.3 is 6.18 Å². The quantitative estimate of drug-likeness (QED) is 0.419. The minimum atomic E-state index is -4.73. The molecule has 0 spiro atoms. The summed E-state index contributed by atoms with van der Waals surface area (Å²) >= 11 is 0. The summed E-state index contributed by atoms with van der Waals surface area (Å²) in [5, 5.41) is 4.20. The van der Waals surface area contributed by atoms with Crippen LogP contribution in [0.25, 0.3) is 5.65 Å². The highest BCUT2D eigenvalue weighted by Crippen LogP contribution is 2.41. The molecule has 1 unspecified atom stereocenters. The summed E-state index contributed by atoms with van der Waals surface area (Å²) in [6.07, 6.45) is 1.81. The van der Waals surface area contributed by atoms with Gasteiger partial charge in [0.05, 0.1) is 22.7 Å². The minimum absolute atomic E-state index is 0.0294.